The quantitative estimate of drug-likeness (QED) is 0.464. The van der Waals surface area contributed by atoms with Crippen molar-refractivity contribution >= 4 is 0 Å². The van der Waals surface area contributed by atoms with Crippen molar-refractivity contribution in [1.29, 1.82) is 0 Å². The highest BCUT2D eigenvalue weighted by Crippen LogP contribution is 1.79. The third-order valence-corrected chi connectivity index (χ3v) is 1.17. The Morgan fingerprint density at radius 2 is 1.17 bits per heavy atom. The van der Waals surface area contributed by atoms with Gasteiger partial charge < -0.3 is 21.7 Å². The van der Waals surface area contributed by atoms with Crippen LogP contribution in [0.25, 0.3) is 0 Å². The van der Waals surface area contributed by atoms with Gasteiger partial charge in [0.25, 0.3) is 0 Å². The third kappa shape index (κ3) is 22.5. The summed E-state index contributed by atoms with van der Waals surface area (Å²) < 4.78 is 0. The van der Waals surface area contributed by atoms with Gasteiger partial charge in [0, 0.05) is 25.3 Å². The van der Waals surface area contributed by atoms with Gasteiger partial charge in [-0.1, -0.05) is 0 Å². The van der Waals surface area contributed by atoms with Gasteiger partial charge in [0.05, 0.1) is 0 Å². The van der Waals surface area contributed by atoms with E-state index in [4.69, 9.17) is 21.7 Å². The number of hydrogen-bond acceptors (Lipinski definition) is 4. The second-order valence-corrected chi connectivity index (χ2v) is 2.98. The predicted molar refractivity (Wildman–Crippen MR) is 50.7 cm³/mol. The lowest BCUT2D eigenvalue weighted by Gasteiger charge is -1.96. The van der Waals surface area contributed by atoms with Crippen molar-refractivity contribution in [1.82, 2.24) is 0 Å². The molecule has 0 unspecified atom stereocenters. The number of aliphatic hydroxyl groups is 2. The van der Waals surface area contributed by atoms with Crippen LogP contribution in [0.2, 0.25) is 0 Å². The molecule has 0 saturated carbocycles. The maximum Gasteiger partial charge on any atom is 0.0445 e. The Hall–Kier alpha value is -0.160. The topological polar surface area (TPSA) is 92.5 Å². The molecule has 0 aromatic carbocycles. The second-order valence-electron chi connectivity index (χ2n) is 2.98. The lowest BCUT2D eigenvalue weighted by molar-refractivity contribution is 0.278. The van der Waals surface area contributed by atoms with E-state index in [-0.39, 0.29) is 25.3 Å². The van der Waals surface area contributed by atoms with Gasteiger partial charge in [0.1, 0.15) is 0 Å². The van der Waals surface area contributed by atoms with Crippen molar-refractivity contribution in [3.05, 3.63) is 0 Å². The summed E-state index contributed by atoms with van der Waals surface area (Å²) in [5.41, 5.74) is 10.5. The normalized spacial score (nSPS) is 14.5. The molecule has 0 heterocycles. The van der Waals surface area contributed by atoms with Crippen molar-refractivity contribution in [3.63, 3.8) is 0 Å². The Labute approximate surface area is 74.6 Å². The molecule has 76 valence electrons. The number of nitrogens with two attached hydrogens (primary N) is 2. The zero-order valence-electron chi connectivity index (χ0n) is 8.03. The summed E-state index contributed by atoms with van der Waals surface area (Å²) in [5.74, 6) is 0. The molecular formula is C8H22N2O2. The molecular weight excluding hydrogens is 156 g/mol. The largest absolute Gasteiger partial charge is 0.396 e. The fourth-order valence-corrected chi connectivity index (χ4v) is 0.407. The molecule has 12 heavy (non-hydrogen) atoms. The monoisotopic (exact) mass is 178 g/mol. The van der Waals surface area contributed by atoms with Gasteiger partial charge in [-0.3, -0.25) is 0 Å². The average Bonchev–Trinajstić information content (AvgIpc) is 1.87. The van der Waals surface area contributed by atoms with Crippen molar-refractivity contribution in [2.75, 3.05) is 13.2 Å². The number of rotatable bonds is 4. The molecule has 4 heteroatoms. The van der Waals surface area contributed by atoms with Crippen LogP contribution in [0.4, 0.5) is 0 Å². The SMILES string of the molecule is C[C@@H](N)CCO.C[C@@H](N)CCO. The second kappa shape index (κ2) is 10.8. The zero-order chi connectivity index (χ0) is 9.98. The molecule has 0 aliphatic carbocycles. The van der Waals surface area contributed by atoms with Gasteiger partial charge in [-0.15, -0.1) is 0 Å². The van der Waals surface area contributed by atoms with E-state index < -0.39 is 0 Å². The Morgan fingerprint density at radius 1 is 0.917 bits per heavy atom. The molecule has 0 aromatic heterocycles. The fourth-order valence-electron chi connectivity index (χ4n) is 0.407. The van der Waals surface area contributed by atoms with Gasteiger partial charge in [0.15, 0.2) is 0 Å². The Morgan fingerprint density at radius 3 is 1.17 bits per heavy atom. The van der Waals surface area contributed by atoms with Crippen LogP contribution in [-0.4, -0.2) is 35.5 Å². The minimum atomic E-state index is 0.148. The highest BCUT2D eigenvalue weighted by Gasteiger charge is 1.87. The lowest BCUT2D eigenvalue weighted by Crippen LogP contribution is -2.15. The molecule has 0 bridgehead atoms. The first-order chi connectivity index (χ1) is 5.54. The molecule has 0 saturated heterocycles. The van der Waals surface area contributed by atoms with E-state index in [1.165, 1.54) is 0 Å². The van der Waals surface area contributed by atoms with Gasteiger partial charge >= 0.3 is 0 Å². The van der Waals surface area contributed by atoms with Gasteiger partial charge in [-0.05, 0) is 26.7 Å². The summed E-state index contributed by atoms with van der Waals surface area (Å²) in [6.45, 7) is 4.15. The first kappa shape index (κ1) is 14.4. The molecule has 2 atom stereocenters. The summed E-state index contributed by atoms with van der Waals surface area (Å²) in [5, 5.41) is 16.3. The first-order valence-electron chi connectivity index (χ1n) is 4.27. The van der Waals surface area contributed by atoms with Gasteiger partial charge in [-0.25, -0.2) is 0 Å². The average molecular weight is 178 g/mol. The highest BCUT2D eigenvalue weighted by atomic mass is 16.3. The summed E-state index contributed by atoms with van der Waals surface area (Å²) in [4.78, 5) is 0. The molecule has 0 fully saturated rings. The molecule has 4 nitrogen and oxygen atoms in total. The molecule has 6 N–H and O–H groups in total. The van der Waals surface area contributed by atoms with E-state index >= 15 is 0 Å². The molecule has 0 rings (SSSR count). The highest BCUT2D eigenvalue weighted by molar-refractivity contribution is 4.48. The van der Waals surface area contributed by atoms with Crippen molar-refractivity contribution in [2.24, 2.45) is 11.5 Å². The van der Waals surface area contributed by atoms with Crippen LogP contribution in [0, 0.1) is 0 Å². The molecule has 0 amide bonds. The predicted octanol–water partition coefficient (Wildman–Crippen LogP) is -0.568. The summed E-state index contributed by atoms with van der Waals surface area (Å²) in [6.07, 6.45) is 1.42. The maximum atomic E-state index is 8.16. The smallest absolute Gasteiger partial charge is 0.0445 e. The first-order valence-corrected chi connectivity index (χ1v) is 4.27. The molecule has 0 radical (unpaired) electrons. The fraction of sp³-hybridized carbons (Fsp3) is 1.00. The minimum absolute atomic E-state index is 0.148. The van der Waals surface area contributed by atoms with Crippen LogP contribution in [-0.2, 0) is 0 Å². The zero-order valence-corrected chi connectivity index (χ0v) is 8.03. The van der Waals surface area contributed by atoms with Crippen LogP contribution in [0.1, 0.15) is 26.7 Å². The van der Waals surface area contributed by atoms with Crippen LogP contribution in [0.5, 0.6) is 0 Å². The van der Waals surface area contributed by atoms with Crippen molar-refractivity contribution in [2.45, 2.75) is 38.8 Å². The molecule has 0 aromatic rings. The van der Waals surface area contributed by atoms with Gasteiger partial charge in [-0.2, -0.15) is 0 Å². The number of hydrogen-bond donors (Lipinski definition) is 4. The molecule has 0 aliphatic rings. The van der Waals surface area contributed by atoms with Crippen LogP contribution >= 0.6 is 0 Å². The van der Waals surface area contributed by atoms with E-state index in [0.29, 0.717) is 12.8 Å². The van der Waals surface area contributed by atoms with Crippen LogP contribution < -0.4 is 11.5 Å². The number of aliphatic hydroxyl groups excluding tert-OH is 2. The summed E-state index contributed by atoms with van der Waals surface area (Å²) in [6, 6.07) is 0.296. The van der Waals surface area contributed by atoms with Crippen LogP contribution in [0.3, 0.4) is 0 Å². The maximum absolute atomic E-state index is 8.16. The van der Waals surface area contributed by atoms with E-state index in [1.54, 1.807) is 0 Å². The minimum Gasteiger partial charge on any atom is -0.396 e. The van der Waals surface area contributed by atoms with Crippen LogP contribution in [0.15, 0.2) is 0 Å². The van der Waals surface area contributed by atoms with E-state index in [9.17, 15) is 0 Å². The molecule has 0 aliphatic heterocycles. The lowest BCUT2D eigenvalue weighted by atomic mass is 10.3. The Balaban J connectivity index is 0. The third-order valence-electron chi connectivity index (χ3n) is 1.17. The van der Waals surface area contributed by atoms with Gasteiger partial charge in [0.2, 0.25) is 0 Å². The molecule has 0 spiro atoms. The van der Waals surface area contributed by atoms with Crippen molar-refractivity contribution < 1.29 is 10.2 Å². The summed E-state index contributed by atoms with van der Waals surface area (Å²) in [7, 11) is 0. The standard InChI is InChI=1S/2C4H11NO/c2*1-4(5)2-3-6/h2*4,6H,2-3,5H2,1H3/t2*4-/m11/s1. The van der Waals surface area contributed by atoms with E-state index in [2.05, 4.69) is 0 Å². The Kier molecular flexibility index (Phi) is 13.0. The Bertz CT molecular complexity index is 67.5. The van der Waals surface area contributed by atoms with E-state index in [0.717, 1.165) is 0 Å². The summed E-state index contributed by atoms with van der Waals surface area (Å²) >= 11 is 0. The van der Waals surface area contributed by atoms with E-state index in [1.807, 2.05) is 13.8 Å². The van der Waals surface area contributed by atoms with Crippen molar-refractivity contribution in [3.8, 4) is 0 Å².